The highest BCUT2D eigenvalue weighted by Crippen LogP contribution is 2.10. The topological polar surface area (TPSA) is 58.6 Å². The molecule has 0 aliphatic carbocycles. The van der Waals surface area contributed by atoms with Crippen molar-refractivity contribution in [3.05, 3.63) is 35.4 Å². The van der Waals surface area contributed by atoms with Gasteiger partial charge >= 0.3 is 0 Å². The highest BCUT2D eigenvalue weighted by molar-refractivity contribution is 5.94. The number of amides is 1. The molecule has 0 aromatic heterocycles. The zero-order valence-electron chi connectivity index (χ0n) is 12.4. The number of hydrogen-bond donors (Lipinski definition) is 2. The molecule has 1 amide bonds. The van der Waals surface area contributed by atoms with Gasteiger partial charge in [-0.3, -0.25) is 4.79 Å². The predicted molar refractivity (Wildman–Crippen MR) is 79.8 cm³/mol. The fraction of sp³-hybridized carbons (Fsp3) is 0.562. The molecule has 0 aliphatic rings. The van der Waals surface area contributed by atoms with E-state index >= 15 is 0 Å². The molecule has 0 bridgehead atoms. The first-order chi connectivity index (χ1) is 9.63. The summed E-state index contributed by atoms with van der Waals surface area (Å²) < 4.78 is 5.08. The molecular weight excluding hydrogens is 254 g/mol. The number of aliphatic hydroxyl groups is 1. The van der Waals surface area contributed by atoms with Crippen LogP contribution in [0, 0.1) is 5.92 Å². The molecule has 1 aromatic carbocycles. The van der Waals surface area contributed by atoms with Gasteiger partial charge in [-0.2, -0.15) is 0 Å². The summed E-state index contributed by atoms with van der Waals surface area (Å²) in [6.07, 6.45) is 2.21. The summed E-state index contributed by atoms with van der Waals surface area (Å²) in [5, 5.41) is 11.3. The van der Waals surface area contributed by atoms with Gasteiger partial charge < -0.3 is 15.2 Å². The van der Waals surface area contributed by atoms with E-state index in [2.05, 4.69) is 19.2 Å². The van der Waals surface area contributed by atoms with Gasteiger partial charge in [0.25, 0.3) is 5.91 Å². The van der Waals surface area contributed by atoms with E-state index < -0.39 is 0 Å². The number of aryl methyl sites for hydroxylation is 1. The van der Waals surface area contributed by atoms with Crippen LogP contribution in [0.5, 0.6) is 0 Å². The Hall–Kier alpha value is -1.39. The maximum atomic E-state index is 11.8. The molecule has 20 heavy (non-hydrogen) atoms. The molecule has 1 aromatic rings. The minimum Gasteiger partial charge on any atom is -0.394 e. The Morgan fingerprint density at radius 2 is 1.95 bits per heavy atom. The van der Waals surface area contributed by atoms with Crippen molar-refractivity contribution in [3.8, 4) is 0 Å². The van der Waals surface area contributed by atoms with Gasteiger partial charge in [-0.1, -0.05) is 26.0 Å². The molecule has 0 fully saturated rings. The van der Waals surface area contributed by atoms with Crippen LogP contribution in [-0.2, 0) is 11.2 Å². The molecule has 2 N–H and O–H groups in total. The van der Waals surface area contributed by atoms with Crippen LogP contribution in [0.2, 0.25) is 0 Å². The zero-order valence-corrected chi connectivity index (χ0v) is 12.4. The van der Waals surface area contributed by atoms with Gasteiger partial charge in [0.15, 0.2) is 0 Å². The lowest BCUT2D eigenvalue weighted by Gasteiger charge is -2.07. The van der Waals surface area contributed by atoms with E-state index in [0.717, 1.165) is 12.8 Å². The number of hydrogen-bond acceptors (Lipinski definition) is 3. The normalized spacial score (nSPS) is 10.8. The summed E-state index contributed by atoms with van der Waals surface area (Å²) in [6.45, 7) is 5.60. The van der Waals surface area contributed by atoms with Crippen molar-refractivity contribution < 1.29 is 14.6 Å². The summed E-state index contributed by atoms with van der Waals surface area (Å²) in [5.74, 6) is 0.602. The van der Waals surface area contributed by atoms with Gasteiger partial charge in [0.2, 0.25) is 0 Å². The van der Waals surface area contributed by atoms with Crippen LogP contribution in [-0.4, -0.2) is 37.4 Å². The number of rotatable bonds is 9. The van der Waals surface area contributed by atoms with Gasteiger partial charge in [-0.25, -0.2) is 0 Å². The molecule has 0 spiro atoms. The number of nitrogens with one attached hydrogen (secondary N) is 1. The first-order valence-electron chi connectivity index (χ1n) is 7.19. The maximum Gasteiger partial charge on any atom is 0.251 e. The highest BCUT2D eigenvalue weighted by atomic mass is 16.5. The van der Waals surface area contributed by atoms with E-state index in [-0.39, 0.29) is 12.5 Å². The van der Waals surface area contributed by atoms with Crippen LogP contribution in [0.25, 0.3) is 0 Å². The first kappa shape index (κ1) is 16.7. The Bertz CT molecular complexity index is 387. The number of carbonyl (C=O) groups excluding carboxylic acids is 1. The lowest BCUT2D eigenvalue weighted by molar-refractivity contribution is 0.0838. The van der Waals surface area contributed by atoms with Crippen LogP contribution >= 0.6 is 0 Å². The van der Waals surface area contributed by atoms with E-state index in [1.807, 2.05) is 24.3 Å². The van der Waals surface area contributed by atoms with Crippen molar-refractivity contribution in [2.75, 3.05) is 26.4 Å². The second-order valence-electron chi connectivity index (χ2n) is 5.22. The highest BCUT2D eigenvalue weighted by Gasteiger charge is 2.05. The molecule has 4 nitrogen and oxygen atoms in total. The Morgan fingerprint density at radius 1 is 1.25 bits per heavy atom. The number of carbonyl (C=O) groups is 1. The van der Waals surface area contributed by atoms with Crippen molar-refractivity contribution >= 4 is 5.91 Å². The number of aliphatic hydroxyl groups excluding tert-OH is 1. The van der Waals surface area contributed by atoms with Crippen LogP contribution in [0.1, 0.15) is 36.2 Å². The number of benzene rings is 1. The van der Waals surface area contributed by atoms with Gasteiger partial charge in [0.1, 0.15) is 0 Å². The lowest BCUT2D eigenvalue weighted by atomic mass is 10.0. The summed E-state index contributed by atoms with van der Waals surface area (Å²) in [7, 11) is 0. The van der Waals surface area contributed by atoms with Crippen LogP contribution in [0.15, 0.2) is 24.3 Å². The molecule has 0 aliphatic heterocycles. The predicted octanol–water partition coefficient (Wildman–Crippen LogP) is 2.01. The van der Waals surface area contributed by atoms with E-state index in [4.69, 9.17) is 9.84 Å². The van der Waals surface area contributed by atoms with Crippen LogP contribution in [0.4, 0.5) is 0 Å². The second-order valence-corrected chi connectivity index (χ2v) is 5.22. The number of ether oxygens (including phenoxy) is 1. The first-order valence-corrected chi connectivity index (χ1v) is 7.19. The quantitative estimate of drug-likeness (QED) is 0.680. The minimum atomic E-state index is -0.0898. The molecule has 0 unspecified atom stereocenters. The van der Waals surface area contributed by atoms with Gasteiger partial charge in [0.05, 0.1) is 19.8 Å². The maximum absolute atomic E-state index is 11.8. The molecule has 0 heterocycles. The van der Waals surface area contributed by atoms with E-state index in [1.165, 1.54) is 5.56 Å². The largest absolute Gasteiger partial charge is 0.394 e. The average molecular weight is 279 g/mol. The molecule has 0 radical (unpaired) electrons. The SMILES string of the molecule is CC(C)CCc1ccc(C(=O)NCCOCCO)cc1. The average Bonchev–Trinajstić information content (AvgIpc) is 2.45. The van der Waals surface area contributed by atoms with E-state index in [1.54, 1.807) is 0 Å². The molecule has 4 heteroatoms. The second kappa shape index (κ2) is 9.50. The standard InChI is InChI=1S/C16H25NO3/c1-13(2)3-4-14-5-7-15(8-6-14)16(19)17-9-11-20-12-10-18/h5-8,13,18H,3-4,9-12H2,1-2H3,(H,17,19). The minimum absolute atomic E-state index is 0.00574. The monoisotopic (exact) mass is 279 g/mol. The van der Waals surface area contributed by atoms with Crippen molar-refractivity contribution in [1.82, 2.24) is 5.32 Å². The summed E-state index contributed by atoms with van der Waals surface area (Å²) in [6, 6.07) is 7.75. The van der Waals surface area contributed by atoms with Crippen LogP contribution in [0.3, 0.4) is 0 Å². The molecule has 1 rings (SSSR count). The fourth-order valence-corrected chi connectivity index (χ4v) is 1.78. The van der Waals surface area contributed by atoms with Gasteiger partial charge in [-0.05, 0) is 36.5 Å². The zero-order chi connectivity index (χ0) is 14.8. The summed E-state index contributed by atoms with van der Waals surface area (Å²) >= 11 is 0. The van der Waals surface area contributed by atoms with Crippen LogP contribution < -0.4 is 5.32 Å². The third-order valence-corrected chi connectivity index (χ3v) is 2.99. The van der Waals surface area contributed by atoms with Crippen molar-refractivity contribution in [3.63, 3.8) is 0 Å². The smallest absolute Gasteiger partial charge is 0.251 e. The molecular formula is C16H25NO3. The molecule has 112 valence electrons. The third-order valence-electron chi connectivity index (χ3n) is 2.99. The molecule has 0 saturated heterocycles. The van der Waals surface area contributed by atoms with Crippen molar-refractivity contribution in [2.24, 2.45) is 5.92 Å². The van der Waals surface area contributed by atoms with E-state index in [9.17, 15) is 4.79 Å². The third kappa shape index (κ3) is 6.68. The van der Waals surface area contributed by atoms with Gasteiger partial charge in [0, 0.05) is 12.1 Å². The van der Waals surface area contributed by atoms with Gasteiger partial charge in [-0.15, -0.1) is 0 Å². The Balaban J connectivity index is 2.33. The Morgan fingerprint density at radius 3 is 2.55 bits per heavy atom. The van der Waals surface area contributed by atoms with Crippen molar-refractivity contribution in [2.45, 2.75) is 26.7 Å². The Kier molecular flexibility index (Phi) is 7.92. The summed E-state index contributed by atoms with van der Waals surface area (Å²) in [5.41, 5.74) is 1.93. The molecule has 0 atom stereocenters. The van der Waals surface area contributed by atoms with Crippen molar-refractivity contribution in [1.29, 1.82) is 0 Å². The Labute approximate surface area is 121 Å². The van der Waals surface area contributed by atoms with E-state index in [0.29, 0.717) is 31.2 Å². The molecule has 0 saturated carbocycles. The fourth-order valence-electron chi connectivity index (χ4n) is 1.78. The summed E-state index contributed by atoms with van der Waals surface area (Å²) in [4.78, 5) is 11.8. The lowest BCUT2D eigenvalue weighted by Crippen LogP contribution is -2.27.